The van der Waals surface area contributed by atoms with Gasteiger partial charge in [0.15, 0.2) is 9.84 Å². The van der Waals surface area contributed by atoms with Crippen LogP contribution in [0, 0.1) is 12.8 Å². The van der Waals surface area contributed by atoms with Crippen molar-refractivity contribution in [3.05, 3.63) is 59.2 Å². The third-order valence-electron chi connectivity index (χ3n) is 7.66. The molecule has 1 saturated carbocycles. The van der Waals surface area contributed by atoms with Crippen molar-refractivity contribution >= 4 is 33.5 Å². The third kappa shape index (κ3) is 9.63. The van der Waals surface area contributed by atoms with E-state index in [1.54, 1.807) is 19.1 Å². The van der Waals surface area contributed by atoms with Gasteiger partial charge in [-0.2, -0.15) is 11.8 Å². The molecule has 2 aromatic carbocycles. The number of hydrogen-bond acceptors (Lipinski definition) is 6. The SMILES string of the molecule is CCS(=O)(=O)C[C@H](CC1CCCCC1)OCc1ccc(C(=O)N[C@@H](CCSC)C(=O)O)c(-c2ccccc2C)c1. The molecule has 9 heteroatoms. The van der Waals surface area contributed by atoms with Crippen LogP contribution in [0.15, 0.2) is 42.5 Å². The van der Waals surface area contributed by atoms with Gasteiger partial charge >= 0.3 is 5.97 Å². The first-order valence-electron chi connectivity index (χ1n) is 14.2. The zero-order chi connectivity index (χ0) is 29.1. The van der Waals surface area contributed by atoms with Gasteiger partial charge in [-0.1, -0.05) is 69.4 Å². The molecule has 0 unspecified atom stereocenters. The lowest BCUT2D eigenvalue weighted by molar-refractivity contribution is -0.139. The number of hydrogen-bond donors (Lipinski definition) is 2. The van der Waals surface area contributed by atoms with E-state index >= 15 is 0 Å². The number of nitrogens with one attached hydrogen (secondary N) is 1. The largest absolute Gasteiger partial charge is 0.480 e. The van der Waals surface area contributed by atoms with Gasteiger partial charge in [0.05, 0.1) is 18.5 Å². The van der Waals surface area contributed by atoms with Gasteiger partial charge in [0, 0.05) is 11.3 Å². The van der Waals surface area contributed by atoms with Crippen LogP contribution < -0.4 is 5.32 Å². The average molecular weight is 590 g/mol. The van der Waals surface area contributed by atoms with Crippen molar-refractivity contribution in [2.75, 3.05) is 23.5 Å². The normalized spacial score (nSPS) is 15.9. The molecule has 0 radical (unpaired) electrons. The summed E-state index contributed by atoms with van der Waals surface area (Å²) < 4.78 is 31.3. The van der Waals surface area contributed by atoms with Crippen molar-refractivity contribution in [2.24, 2.45) is 5.92 Å². The van der Waals surface area contributed by atoms with Crippen molar-refractivity contribution < 1.29 is 27.9 Å². The number of ether oxygens (including phenoxy) is 1. The topological polar surface area (TPSA) is 110 Å². The molecule has 1 aliphatic carbocycles. The van der Waals surface area contributed by atoms with Crippen LogP contribution in [0.3, 0.4) is 0 Å². The van der Waals surface area contributed by atoms with Crippen LogP contribution in [0.25, 0.3) is 11.1 Å². The molecule has 0 aliphatic heterocycles. The van der Waals surface area contributed by atoms with Crippen molar-refractivity contribution in [2.45, 2.75) is 77.5 Å². The first-order chi connectivity index (χ1) is 19.1. The molecule has 0 aromatic heterocycles. The minimum absolute atomic E-state index is 0.0117. The Morgan fingerprint density at radius 3 is 2.48 bits per heavy atom. The molecule has 0 bridgehead atoms. The van der Waals surface area contributed by atoms with Crippen LogP contribution in [-0.4, -0.2) is 61.1 Å². The monoisotopic (exact) mass is 589 g/mol. The minimum Gasteiger partial charge on any atom is -0.480 e. The number of amides is 1. The fraction of sp³-hybridized carbons (Fsp3) is 0.548. The molecule has 40 heavy (non-hydrogen) atoms. The van der Waals surface area contributed by atoms with Gasteiger partial charge in [0.25, 0.3) is 5.91 Å². The molecule has 2 N–H and O–H groups in total. The molecular weight excluding hydrogens is 546 g/mol. The van der Waals surface area contributed by atoms with Crippen LogP contribution in [0.1, 0.15) is 73.4 Å². The van der Waals surface area contributed by atoms with Crippen LogP contribution in [0.2, 0.25) is 0 Å². The lowest BCUT2D eigenvalue weighted by Gasteiger charge is -2.27. The summed E-state index contributed by atoms with van der Waals surface area (Å²) in [7, 11) is -3.20. The van der Waals surface area contributed by atoms with E-state index in [1.807, 2.05) is 43.5 Å². The number of aryl methyl sites for hydroxylation is 1. The Hall–Kier alpha value is -2.36. The lowest BCUT2D eigenvalue weighted by Crippen LogP contribution is -2.41. The number of rotatable bonds is 15. The summed E-state index contributed by atoms with van der Waals surface area (Å²) in [5.41, 5.74) is 3.76. The molecule has 7 nitrogen and oxygen atoms in total. The maximum absolute atomic E-state index is 13.3. The minimum atomic E-state index is -3.20. The van der Waals surface area contributed by atoms with E-state index in [2.05, 4.69) is 5.32 Å². The van der Waals surface area contributed by atoms with E-state index in [0.29, 0.717) is 29.2 Å². The van der Waals surface area contributed by atoms with Gasteiger partial charge in [-0.05, 0) is 72.1 Å². The van der Waals surface area contributed by atoms with E-state index in [4.69, 9.17) is 4.74 Å². The quantitative estimate of drug-likeness (QED) is 0.267. The number of carbonyl (C=O) groups is 2. The van der Waals surface area contributed by atoms with E-state index in [9.17, 15) is 23.1 Å². The number of carbonyl (C=O) groups excluding carboxylic acids is 1. The number of benzene rings is 2. The van der Waals surface area contributed by atoms with Crippen molar-refractivity contribution in [1.29, 1.82) is 0 Å². The molecule has 1 amide bonds. The van der Waals surface area contributed by atoms with Crippen molar-refractivity contribution in [1.82, 2.24) is 5.32 Å². The predicted molar refractivity (Wildman–Crippen MR) is 163 cm³/mol. The summed E-state index contributed by atoms with van der Waals surface area (Å²) in [5.74, 6) is -0.300. The standard InChI is InChI=1S/C31H43NO6S2/c1-4-40(36,37)21-25(18-23-11-6-5-7-12-23)38-20-24-14-15-27(28(19-24)26-13-9-8-10-22(26)2)30(33)32-29(31(34)35)16-17-39-3/h8-10,13-15,19,23,25,29H,4-7,11-12,16-18,20-21H2,1-3H3,(H,32,33)(H,34,35)/t25-,29-/m0/s1. The molecule has 2 aromatic rings. The zero-order valence-corrected chi connectivity index (χ0v) is 25.5. The Bertz CT molecular complexity index is 1240. The molecule has 0 saturated heterocycles. The number of thioether (sulfide) groups is 1. The number of carboxylic acid groups (broad SMARTS) is 1. The highest BCUT2D eigenvalue weighted by atomic mass is 32.2. The first kappa shape index (κ1) is 32.2. The molecule has 0 spiro atoms. The van der Waals surface area contributed by atoms with Crippen LogP contribution in [-0.2, 0) is 26.0 Å². The van der Waals surface area contributed by atoms with Crippen molar-refractivity contribution in [3.63, 3.8) is 0 Å². The summed E-state index contributed by atoms with van der Waals surface area (Å²) in [4.78, 5) is 25.1. The Morgan fingerprint density at radius 2 is 1.82 bits per heavy atom. The Kier molecular flexibility index (Phi) is 12.5. The molecule has 220 valence electrons. The number of carboxylic acids is 1. The summed E-state index contributed by atoms with van der Waals surface area (Å²) in [6.07, 6.45) is 8.40. The van der Waals surface area contributed by atoms with E-state index in [0.717, 1.165) is 36.0 Å². The fourth-order valence-corrected chi connectivity index (χ4v) is 6.81. The van der Waals surface area contributed by atoms with Gasteiger partial charge in [-0.15, -0.1) is 0 Å². The predicted octanol–water partition coefficient (Wildman–Crippen LogP) is 5.89. The zero-order valence-electron chi connectivity index (χ0n) is 23.9. The van der Waals surface area contributed by atoms with Crippen LogP contribution in [0.5, 0.6) is 0 Å². The molecule has 3 rings (SSSR count). The Labute approximate surface area is 243 Å². The lowest BCUT2D eigenvalue weighted by atomic mass is 9.85. The Balaban J connectivity index is 1.87. The maximum Gasteiger partial charge on any atom is 0.326 e. The summed E-state index contributed by atoms with van der Waals surface area (Å²) in [6.45, 7) is 3.86. The summed E-state index contributed by atoms with van der Waals surface area (Å²) >= 11 is 1.53. The third-order valence-corrected chi connectivity index (χ3v) is 10.1. The molecule has 1 aliphatic rings. The highest BCUT2D eigenvalue weighted by Gasteiger charge is 2.25. The summed E-state index contributed by atoms with van der Waals surface area (Å²) in [5, 5.41) is 12.3. The number of aliphatic carboxylic acids is 1. The summed E-state index contributed by atoms with van der Waals surface area (Å²) in [6, 6.07) is 12.2. The maximum atomic E-state index is 13.3. The van der Waals surface area contributed by atoms with Crippen LogP contribution >= 0.6 is 11.8 Å². The second-order valence-corrected chi connectivity index (χ2v) is 14.1. The Morgan fingerprint density at radius 1 is 1.10 bits per heavy atom. The smallest absolute Gasteiger partial charge is 0.326 e. The van der Waals surface area contributed by atoms with Gasteiger partial charge in [0.1, 0.15) is 6.04 Å². The number of sulfone groups is 1. The van der Waals surface area contributed by atoms with Gasteiger partial charge in [0.2, 0.25) is 0 Å². The van der Waals surface area contributed by atoms with Gasteiger partial charge in [-0.25, -0.2) is 13.2 Å². The molecule has 0 heterocycles. The van der Waals surface area contributed by atoms with Gasteiger partial charge in [-0.3, -0.25) is 4.79 Å². The molecule has 2 atom stereocenters. The molecular formula is C31H43NO6S2. The van der Waals surface area contributed by atoms with E-state index in [-0.39, 0.29) is 24.2 Å². The average Bonchev–Trinajstić information content (AvgIpc) is 2.94. The van der Waals surface area contributed by atoms with E-state index < -0.39 is 27.8 Å². The van der Waals surface area contributed by atoms with Crippen molar-refractivity contribution in [3.8, 4) is 11.1 Å². The highest BCUT2D eigenvalue weighted by Crippen LogP contribution is 2.31. The van der Waals surface area contributed by atoms with Crippen LogP contribution in [0.4, 0.5) is 0 Å². The van der Waals surface area contributed by atoms with E-state index in [1.165, 1.54) is 31.0 Å². The molecule has 1 fully saturated rings. The fourth-order valence-electron chi connectivity index (χ4n) is 5.30. The van der Waals surface area contributed by atoms with Gasteiger partial charge < -0.3 is 15.2 Å². The first-order valence-corrected chi connectivity index (χ1v) is 17.4. The second kappa shape index (κ2) is 15.6. The second-order valence-electron chi connectivity index (χ2n) is 10.7. The highest BCUT2D eigenvalue weighted by molar-refractivity contribution is 7.98.